The van der Waals surface area contributed by atoms with Crippen LogP contribution in [0, 0.1) is 17.8 Å². The lowest BCUT2D eigenvalue weighted by molar-refractivity contribution is -0.129. The van der Waals surface area contributed by atoms with E-state index < -0.39 is 5.60 Å². The van der Waals surface area contributed by atoms with Crippen molar-refractivity contribution in [3.05, 3.63) is 35.5 Å². The minimum absolute atomic E-state index is 0.179. The molecule has 0 radical (unpaired) electrons. The van der Waals surface area contributed by atoms with Crippen molar-refractivity contribution in [2.45, 2.75) is 43.7 Å². The van der Waals surface area contributed by atoms with Crippen LogP contribution in [0.3, 0.4) is 0 Å². The highest BCUT2D eigenvalue weighted by molar-refractivity contribution is 6.32. The van der Waals surface area contributed by atoms with E-state index in [-0.39, 0.29) is 5.75 Å². The molecule has 0 saturated heterocycles. The maximum Gasteiger partial charge on any atom is 0.229 e. The summed E-state index contributed by atoms with van der Waals surface area (Å²) >= 11 is 6.36. The number of aliphatic hydroxyl groups is 1. The van der Waals surface area contributed by atoms with Crippen LogP contribution >= 0.6 is 11.6 Å². The molecule has 2 unspecified atom stereocenters. The first-order chi connectivity index (χ1) is 13.0. The highest BCUT2D eigenvalue weighted by atomic mass is 35.5. The van der Waals surface area contributed by atoms with Crippen LogP contribution in [0.25, 0.3) is 0 Å². The zero-order chi connectivity index (χ0) is 18.6. The van der Waals surface area contributed by atoms with Crippen LogP contribution in [-0.4, -0.2) is 31.8 Å². The number of phenolic OH excluding ortho intramolecular Hbond substituents is 1. The van der Waals surface area contributed by atoms with Crippen molar-refractivity contribution >= 4 is 29.1 Å². The monoisotopic (exact) mass is 386 g/mol. The summed E-state index contributed by atoms with van der Waals surface area (Å²) in [6, 6.07) is 7.11. The van der Waals surface area contributed by atoms with Crippen molar-refractivity contribution in [1.29, 1.82) is 0 Å². The van der Waals surface area contributed by atoms with Crippen LogP contribution in [0.1, 0.15) is 32.1 Å². The van der Waals surface area contributed by atoms with Gasteiger partial charge in [-0.05, 0) is 62.0 Å². The van der Waals surface area contributed by atoms with Crippen LogP contribution < -0.4 is 10.6 Å². The van der Waals surface area contributed by atoms with Gasteiger partial charge in [-0.1, -0.05) is 17.7 Å². The first-order valence-corrected chi connectivity index (χ1v) is 9.93. The van der Waals surface area contributed by atoms with Gasteiger partial charge in [0.15, 0.2) is 5.82 Å². The Bertz CT molecular complexity index is 861. The number of phenols is 1. The average Bonchev–Trinajstić information content (AvgIpc) is 2.59. The lowest BCUT2D eigenvalue weighted by atomic mass is 9.52. The maximum atomic E-state index is 10.8. The maximum absolute atomic E-state index is 10.8. The summed E-state index contributed by atoms with van der Waals surface area (Å²) in [6.45, 7) is 0. The van der Waals surface area contributed by atoms with E-state index in [1.54, 1.807) is 24.4 Å². The second-order valence-corrected chi connectivity index (χ2v) is 8.84. The molecule has 4 N–H and O–H groups in total. The van der Waals surface area contributed by atoms with Crippen molar-refractivity contribution in [3.8, 4) is 5.75 Å². The largest absolute Gasteiger partial charge is 0.508 e. The van der Waals surface area contributed by atoms with Gasteiger partial charge in [-0.25, -0.2) is 4.98 Å². The molecule has 1 aromatic carbocycles. The van der Waals surface area contributed by atoms with E-state index in [1.807, 2.05) is 6.07 Å². The highest BCUT2D eigenvalue weighted by Crippen LogP contribution is 2.56. The summed E-state index contributed by atoms with van der Waals surface area (Å²) in [4.78, 5) is 8.80. The van der Waals surface area contributed by atoms with E-state index in [0.717, 1.165) is 19.3 Å². The second kappa shape index (κ2) is 6.24. The molecule has 4 fully saturated rings. The molecule has 0 spiro atoms. The summed E-state index contributed by atoms with van der Waals surface area (Å²) in [5.41, 5.74) is 0.256. The molecule has 2 atom stereocenters. The number of hydrogen-bond donors (Lipinski definition) is 4. The van der Waals surface area contributed by atoms with E-state index >= 15 is 0 Å². The third-order valence-electron chi connectivity index (χ3n) is 6.39. The van der Waals surface area contributed by atoms with E-state index in [4.69, 9.17) is 11.6 Å². The number of rotatable bonds is 4. The fourth-order valence-electron chi connectivity index (χ4n) is 5.62. The molecule has 0 aliphatic heterocycles. The van der Waals surface area contributed by atoms with Gasteiger partial charge in [-0.2, -0.15) is 4.98 Å². The molecule has 6 nitrogen and oxygen atoms in total. The molecule has 1 aromatic heterocycles. The lowest BCUT2D eigenvalue weighted by Gasteiger charge is -2.58. The number of anilines is 3. The van der Waals surface area contributed by atoms with Gasteiger partial charge in [0.2, 0.25) is 5.95 Å². The number of halogens is 1. The normalized spacial score (nSPS) is 33.9. The Morgan fingerprint density at radius 2 is 1.93 bits per heavy atom. The fraction of sp³-hybridized carbons (Fsp3) is 0.500. The standard InChI is InChI=1S/C20H23ClN4O2/c21-16-10-22-19(23-14-2-1-3-15(26)6-14)25-18(16)24-17-12-4-11-5-13(17)9-20(27,7-11)8-12/h1-3,6,10-13,17,26-27H,4-5,7-9H2,(H2,22,23,24,25)/t11?,12?,13?,17-,20+. The summed E-state index contributed by atoms with van der Waals surface area (Å²) in [6.07, 6.45) is 6.65. The smallest absolute Gasteiger partial charge is 0.229 e. The predicted molar refractivity (Wildman–Crippen MR) is 104 cm³/mol. The average molecular weight is 387 g/mol. The number of benzene rings is 1. The minimum atomic E-state index is -0.452. The molecule has 6 rings (SSSR count). The molecule has 4 aliphatic rings. The summed E-state index contributed by atoms with van der Waals surface area (Å²) < 4.78 is 0. The van der Waals surface area contributed by atoms with Crippen molar-refractivity contribution in [3.63, 3.8) is 0 Å². The highest BCUT2D eigenvalue weighted by Gasteiger charge is 2.54. The van der Waals surface area contributed by atoms with Gasteiger partial charge in [-0.15, -0.1) is 0 Å². The van der Waals surface area contributed by atoms with E-state index in [0.29, 0.717) is 46.3 Å². The minimum Gasteiger partial charge on any atom is -0.508 e. The van der Waals surface area contributed by atoms with Crippen molar-refractivity contribution in [2.24, 2.45) is 17.8 Å². The number of nitrogens with zero attached hydrogens (tertiary/aromatic N) is 2. The molecule has 7 heteroatoms. The molecule has 1 heterocycles. The van der Waals surface area contributed by atoms with E-state index in [2.05, 4.69) is 20.6 Å². The molecule has 2 aromatic rings. The number of aromatic nitrogens is 2. The number of hydrogen-bond acceptors (Lipinski definition) is 6. The zero-order valence-corrected chi connectivity index (χ0v) is 15.7. The lowest BCUT2D eigenvalue weighted by Crippen LogP contribution is -2.59. The van der Waals surface area contributed by atoms with Crippen LogP contribution in [0.4, 0.5) is 17.5 Å². The molecule has 142 valence electrons. The van der Waals surface area contributed by atoms with E-state index in [9.17, 15) is 10.2 Å². The first-order valence-electron chi connectivity index (χ1n) is 9.55. The number of aromatic hydroxyl groups is 1. The first kappa shape index (κ1) is 17.1. The molecular weight excluding hydrogens is 364 g/mol. The SMILES string of the molecule is Oc1cccc(Nc2ncc(Cl)c(N[C@H]3C4CC5CC3C[C@@](O)(C5)C4)n2)c1. The molecule has 27 heavy (non-hydrogen) atoms. The molecule has 4 saturated carbocycles. The van der Waals surface area contributed by atoms with Crippen LogP contribution in [0.5, 0.6) is 5.75 Å². The van der Waals surface area contributed by atoms with Gasteiger partial charge < -0.3 is 20.8 Å². The van der Waals surface area contributed by atoms with Gasteiger partial charge in [0.25, 0.3) is 0 Å². The second-order valence-electron chi connectivity index (χ2n) is 8.43. The Hall–Kier alpha value is -2.05. The Morgan fingerprint density at radius 1 is 1.15 bits per heavy atom. The summed E-state index contributed by atoms with van der Waals surface area (Å²) in [7, 11) is 0. The fourth-order valence-corrected chi connectivity index (χ4v) is 5.76. The van der Waals surface area contributed by atoms with Gasteiger partial charge in [0.1, 0.15) is 10.8 Å². The summed E-state index contributed by atoms with van der Waals surface area (Å²) in [5.74, 6) is 2.83. The van der Waals surface area contributed by atoms with Crippen molar-refractivity contribution < 1.29 is 10.2 Å². The van der Waals surface area contributed by atoms with Gasteiger partial charge in [0, 0.05) is 17.8 Å². The Labute approximate surface area is 163 Å². The van der Waals surface area contributed by atoms with Crippen LogP contribution in [0.15, 0.2) is 30.5 Å². The van der Waals surface area contributed by atoms with Crippen molar-refractivity contribution in [2.75, 3.05) is 10.6 Å². The van der Waals surface area contributed by atoms with Gasteiger partial charge >= 0.3 is 0 Å². The Morgan fingerprint density at radius 3 is 2.63 bits per heavy atom. The van der Waals surface area contributed by atoms with Gasteiger partial charge in [0.05, 0.1) is 11.8 Å². The zero-order valence-electron chi connectivity index (χ0n) is 14.9. The van der Waals surface area contributed by atoms with Gasteiger partial charge in [-0.3, -0.25) is 0 Å². The predicted octanol–water partition coefficient (Wildman–Crippen LogP) is 3.93. The summed E-state index contributed by atoms with van der Waals surface area (Å²) in [5, 5.41) is 27.5. The quantitative estimate of drug-likeness (QED) is 0.636. The topological polar surface area (TPSA) is 90.3 Å². The third-order valence-corrected chi connectivity index (χ3v) is 6.67. The Kier molecular flexibility index (Phi) is 3.95. The van der Waals surface area contributed by atoms with Crippen LogP contribution in [0.2, 0.25) is 5.02 Å². The van der Waals surface area contributed by atoms with Crippen LogP contribution in [-0.2, 0) is 0 Å². The molecule has 4 bridgehead atoms. The molecule has 0 amide bonds. The molecular formula is C20H23ClN4O2. The van der Waals surface area contributed by atoms with Crippen molar-refractivity contribution in [1.82, 2.24) is 9.97 Å². The Balaban J connectivity index is 1.36. The van der Waals surface area contributed by atoms with E-state index in [1.165, 1.54) is 12.8 Å². The third kappa shape index (κ3) is 3.21. The molecule has 4 aliphatic carbocycles. The number of nitrogens with one attached hydrogen (secondary N) is 2.